The van der Waals surface area contributed by atoms with E-state index in [0.29, 0.717) is 16.5 Å². The molecule has 1 unspecified atom stereocenters. The zero-order valence-corrected chi connectivity index (χ0v) is 12.7. The van der Waals surface area contributed by atoms with Crippen molar-refractivity contribution in [2.24, 2.45) is 11.8 Å². The molecule has 1 atom stereocenters. The molecule has 0 saturated heterocycles. The second-order valence-corrected chi connectivity index (χ2v) is 6.92. The molecule has 4 heteroatoms. The van der Waals surface area contributed by atoms with Crippen molar-refractivity contribution in [3.8, 4) is 0 Å². The third-order valence-electron chi connectivity index (χ3n) is 4.10. The highest BCUT2D eigenvalue weighted by atomic mass is 32.1. The Labute approximate surface area is 123 Å². The van der Waals surface area contributed by atoms with Crippen LogP contribution in [-0.4, -0.2) is 12.5 Å². The highest BCUT2D eigenvalue weighted by Crippen LogP contribution is 2.37. The molecule has 3 rings (SSSR count). The number of hydrogen-bond acceptors (Lipinski definition) is 3. The lowest BCUT2D eigenvalue weighted by molar-refractivity contribution is 0.0951. The minimum absolute atomic E-state index is 0.0335. The number of carbonyl (C=O) groups is 1. The van der Waals surface area contributed by atoms with Crippen molar-refractivity contribution in [3.05, 3.63) is 28.6 Å². The van der Waals surface area contributed by atoms with E-state index in [9.17, 15) is 4.79 Å². The van der Waals surface area contributed by atoms with Crippen molar-refractivity contribution in [1.82, 2.24) is 5.32 Å². The molecule has 3 nitrogen and oxygen atoms in total. The Morgan fingerprint density at radius 3 is 2.95 bits per heavy atom. The Morgan fingerprint density at radius 2 is 2.25 bits per heavy atom. The van der Waals surface area contributed by atoms with Crippen LogP contribution in [0.1, 0.15) is 35.0 Å². The first-order valence-corrected chi connectivity index (χ1v) is 7.94. The third-order valence-corrected chi connectivity index (χ3v) is 5.27. The fourth-order valence-electron chi connectivity index (χ4n) is 2.56. The Bertz CT molecular complexity index is 658. The standard InChI is InChI=1S/C16H20N2OS/c1-9-3-6-12-13(7-9)20-15(14(12)17)16(19)18-8-10(2)11-4-5-11/h3,6-7,10-11H,4-5,8,17H2,1-2H3,(H,18,19). The average molecular weight is 288 g/mol. The topological polar surface area (TPSA) is 55.1 Å². The second-order valence-electron chi connectivity index (χ2n) is 5.87. The fraction of sp³-hybridized carbons (Fsp3) is 0.438. The molecule has 0 aliphatic heterocycles. The van der Waals surface area contributed by atoms with Gasteiger partial charge < -0.3 is 11.1 Å². The number of rotatable bonds is 4. The zero-order chi connectivity index (χ0) is 14.3. The normalized spacial score (nSPS) is 16.3. The molecule has 2 aromatic rings. The molecule has 1 aromatic carbocycles. The number of fused-ring (bicyclic) bond motifs is 1. The van der Waals surface area contributed by atoms with Gasteiger partial charge >= 0.3 is 0 Å². The molecule has 1 fully saturated rings. The van der Waals surface area contributed by atoms with E-state index in [1.165, 1.54) is 29.7 Å². The Balaban J connectivity index is 1.78. The number of amides is 1. The van der Waals surface area contributed by atoms with Gasteiger partial charge in [0.2, 0.25) is 0 Å². The van der Waals surface area contributed by atoms with Gasteiger partial charge in [0.1, 0.15) is 4.88 Å². The summed E-state index contributed by atoms with van der Waals surface area (Å²) < 4.78 is 1.09. The van der Waals surface area contributed by atoms with Gasteiger partial charge in [-0.1, -0.05) is 19.1 Å². The van der Waals surface area contributed by atoms with E-state index in [4.69, 9.17) is 5.73 Å². The molecular formula is C16H20N2OS. The molecule has 1 saturated carbocycles. The van der Waals surface area contributed by atoms with Crippen LogP contribution in [0.5, 0.6) is 0 Å². The average Bonchev–Trinajstić information content (AvgIpc) is 3.21. The van der Waals surface area contributed by atoms with Crippen molar-refractivity contribution in [2.45, 2.75) is 26.7 Å². The lowest BCUT2D eigenvalue weighted by atomic mass is 10.1. The molecule has 1 aromatic heterocycles. The number of nitrogen functional groups attached to an aromatic ring is 1. The lowest BCUT2D eigenvalue weighted by Crippen LogP contribution is -2.28. The Kier molecular flexibility index (Phi) is 3.42. The van der Waals surface area contributed by atoms with Gasteiger partial charge in [0, 0.05) is 16.6 Å². The molecule has 106 valence electrons. The number of carbonyl (C=O) groups excluding carboxylic acids is 1. The van der Waals surface area contributed by atoms with Crippen LogP contribution in [0.3, 0.4) is 0 Å². The summed E-state index contributed by atoms with van der Waals surface area (Å²) in [6.45, 7) is 5.00. The quantitative estimate of drug-likeness (QED) is 0.903. The first-order chi connectivity index (χ1) is 9.56. The number of nitrogens with two attached hydrogens (primary N) is 1. The van der Waals surface area contributed by atoms with E-state index >= 15 is 0 Å². The minimum atomic E-state index is -0.0335. The Hall–Kier alpha value is -1.55. The third kappa shape index (κ3) is 2.52. The first kappa shape index (κ1) is 13.4. The number of nitrogens with one attached hydrogen (secondary N) is 1. The monoisotopic (exact) mass is 288 g/mol. The molecule has 0 spiro atoms. The van der Waals surface area contributed by atoms with Crippen LogP contribution in [0.2, 0.25) is 0 Å². The number of aryl methyl sites for hydroxylation is 1. The smallest absolute Gasteiger partial charge is 0.263 e. The summed E-state index contributed by atoms with van der Waals surface area (Å²) in [5.41, 5.74) is 7.92. The van der Waals surface area contributed by atoms with Gasteiger partial charge in [0.05, 0.1) is 5.69 Å². The van der Waals surface area contributed by atoms with E-state index in [-0.39, 0.29) is 5.91 Å². The number of benzene rings is 1. The molecular weight excluding hydrogens is 268 g/mol. The summed E-state index contributed by atoms with van der Waals surface area (Å²) in [6.07, 6.45) is 2.61. The van der Waals surface area contributed by atoms with E-state index in [2.05, 4.69) is 18.3 Å². The van der Waals surface area contributed by atoms with Crippen LogP contribution in [0.15, 0.2) is 18.2 Å². The van der Waals surface area contributed by atoms with Gasteiger partial charge in [0.15, 0.2) is 0 Å². The summed E-state index contributed by atoms with van der Waals surface area (Å²) in [7, 11) is 0. The van der Waals surface area contributed by atoms with Crippen LogP contribution >= 0.6 is 11.3 Å². The summed E-state index contributed by atoms with van der Waals surface area (Å²) in [6, 6.07) is 6.11. The molecule has 0 bridgehead atoms. The van der Waals surface area contributed by atoms with E-state index in [0.717, 1.165) is 22.5 Å². The van der Waals surface area contributed by atoms with Crippen molar-refractivity contribution in [3.63, 3.8) is 0 Å². The SMILES string of the molecule is Cc1ccc2c(N)c(C(=O)NCC(C)C3CC3)sc2c1. The van der Waals surface area contributed by atoms with Crippen LogP contribution in [0, 0.1) is 18.8 Å². The van der Waals surface area contributed by atoms with Crippen LogP contribution in [0.4, 0.5) is 5.69 Å². The zero-order valence-electron chi connectivity index (χ0n) is 11.9. The molecule has 1 aliphatic rings. The van der Waals surface area contributed by atoms with Gasteiger partial charge in [-0.3, -0.25) is 4.79 Å². The number of anilines is 1. The van der Waals surface area contributed by atoms with Gasteiger partial charge in [0.25, 0.3) is 5.91 Å². The molecule has 3 N–H and O–H groups in total. The minimum Gasteiger partial charge on any atom is -0.397 e. The summed E-state index contributed by atoms with van der Waals surface area (Å²) in [4.78, 5) is 12.9. The van der Waals surface area contributed by atoms with Gasteiger partial charge in [-0.05, 0) is 43.2 Å². The summed E-state index contributed by atoms with van der Waals surface area (Å²) in [5.74, 6) is 1.34. The van der Waals surface area contributed by atoms with Crippen molar-refractivity contribution in [1.29, 1.82) is 0 Å². The first-order valence-electron chi connectivity index (χ1n) is 7.13. The molecule has 1 aliphatic carbocycles. The predicted octanol–water partition coefficient (Wildman–Crippen LogP) is 3.57. The number of hydrogen-bond donors (Lipinski definition) is 2. The van der Waals surface area contributed by atoms with Gasteiger partial charge in [-0.25, -0.2) is 0 Å². The van der Waals surface area contributed by atoms with Crippen molar-refractivity contribution < 1.29 is 4.79 Å². The van der Waals surface area contributed by atoms with E-state index in [1.807, 2.05) is 19.1 Å². The molecule has 1 heterocycles. The Morgan fingerprint density at radius 1 is 1.50 bits per heavy atom. The van der Waals surface area contributed by atoms with E-state index < -0.39 is 0 Å². The summed E-state index contributed by atoms with van der Waals surface area (Å²) >= 11 is 1.48. The van der Waals surface area contributed by atoms with Crippen LogP contribution in [0.25, 0.3) is 10.1 Å². The van der Waals surface area contributed by atoms with Crippen LogP contribution in [-0.2, 0) is 0 Å². The van der Waals surface area contributed by atoms with Gasteiger partial charge in [-0.2, -0.15) is 0 Å². The maximum Gasteiger partial charge on any atom is 0.263 e. The van der Waals surface area contributed by atoms with E-state index in [1.54, 1.807) is 0 Å². The lowest BCUT2D eigenvalue weighted by Gasteiger charge is -2.10. The second kappa shape index (κ2) is 5.09. The maximum atomic E-state index is 12.3. The molecule has 20 heavy (non-hydrogen) atoms. The maximum absolute atomic E-state index is 12.3. The van der Waals surface area contributed by atoms with Gasteiger partial charge in [-0.15, -0.1) is 11.3 Å². The largest absolute Gasteiger partial charge is 0.397 e. The fourth-order valence-corrected chi connectivity index (χ4v) is 3.70. The summed E-state index contributed by atoms with van der Waals surface area (Å²) in [5, 5.41) is 4.01. The van der Waals surface area contributed by atoms with Crippen LogP contribution < -0.4 is 11.1 Å². The highest BCUT2D eigenvalue weighted by Gasteiger charge is 2.28. The van der Waals surface area contributed by atoms with Crippen molar-refractivity contribution in [2.75, 3.05) is 12.3 Å². The molecule has 1 amide bonds. The number of thiophene rings is 1. The predicted molar refractivity (Wildman–Crippen MR) is 85.2 cm³/mol. The van der Waals surface area contributed by atoms with Crippen molar-refractivity contribution >= 4 is 33.0 Å². The molecule has 0 radical (unpaired) electrons. The highest BCUT2D eigenvalue weighted by molar-refractivity contribution is 7.21.